The Morgan fingerprint density at radius 1 is 1.47 bits per heavy atom. The lowest BCUT2D eigenvalue weighted by Crippen LogP contribution is -2.51. The van der Waals surface area contributed by atoms with E-state index >= 15 is 0 Å². The number of carbonyl (C=O) groups excluding carboxylic acids is 2. The molecule has 0 bridgehead atoms. The van der Waals surface area contributed by atoms with Gasteiger partial charge in [-0.2, -0.15) is 0 Å². The van der Waals surface area contributed by atoms with Crippen LogP contribution in [0, 0.1) is 0 Å². The number of nitrogens with two attached hydrogens (primary N) is 1. The second-order valence-electron chi connectivity index (χ2n) is 3.73. The van der Waals surface area contributed by atoms with Crippen molar-refractivity contribution in [3.05, 3.63) is 0 Å². The van der Waals surface area contributed by atoms with E-state index in [1.54, 1.807) is 7.11 Å². The maximum absolute atomic E-state index is 11.5. The van der Waals surface area contributed by atoms with Gasteiger partial charge in [0, 0.05) is 26.7 Å². The van der Waals surface area contributed by atoms with E-state index in [2.05, 4.69) is 0 Å². The molecule has 2 N–H and O–H groups in total. The highest BCUT2D eigenvalue weighted by atomic mass is 16.5. The number of nitrogens with zero attached hydrogens (tertiary/aromatic N) is 1. The van der Waals surface area contributed by atoms with Gasteiger partial charge in [0.2, 0.25) is 11.8 Å². The molecule has 0 aromatic carbocycles. The third-order valence-corrected chi connectivity index (χ3v) is 2.53. The molecule has 0 aliphatic carbocycles. The van der Waals surface area contributed by atoms with Gasteiger partial charge in [-0.25, -0.2) is 0 Å². The number of ether oxygens (including phenoxy) is 1. The van der Waals surface area contributed by atoms with Gasteiger partial charge in [0.15, 0.2) is 0 Å². The van der Waals surface area contributed by atoms with Crippen LogP contribution in [0.15, 0.2) is 0 Å². The number of piperidine rings is 1. The van der Waals surface area contributed by atoms with Crippen molar-refractivity contribution >= 4 is 11.8 Å². The molecule has 5 nitrogen and oxygen atoms in total. The summed E-state index contributed by atoms with van der Waals surface area (Å²) < 4.78 is 4.89. The molecule has 1 rings (SSSR count). The highest BCUT2D eigenvalue weighted by molar-refractivity contribution is 6.00. The number of hydrogen-bond acceptors (Lipinski definition) is 4. The number of hydrogen-bond donors (Lipinski definition) is 1. The lowest BCUT2D eigenvalue weighted by Gasteiger charge is -2.28. The van der Waals surface area contributed by atoms with Crippen molar-refractivity contribution in [3.8, 4) is 0 Å². The van der Waals surface area contributed by atoms with E-state index in [4.69, 9.17) is 10.5 Å². The van der Waals surface area contributed by atoms with Crippen LogP contribution in [0.2, 0.25) is 0 Å². The van der Waals surface area contributed by atoms with Crippen molar-refractivity contribution in [1.82, 2.24) is 4.90 Å². The third-order valence-electron chi connectivity index (χ3n) is 2.53. The first-order chi connectivity index (χ1) is 7.16. The van der Waals surface area contributed by atoms with Crippen molar-refractivity contribution in [1.29, 1.82) is 0 Å². The molecule has 0 spiro atoms. The molecule has 1 saturated heterocycles. The van der Waals surface area contributed by atoms with Crippen LogP contribution in [-0.4, -0.2) is 43.0 Å². The zero-order valence-electron chi connectivity index (χ0n) is 9.07. The lowest BCUT2D eigenvalue weighted by molar-refractivity contribution is -0.149. The average Bonchev–Trinajstić information content (AvgIpc) is 2.23. The van der Waals surface area contributed by atoms with E-state index in [0.717, 1.165) is 12.8 Å². The Bertz CT molecular complexity index is 243. The van der Waals surface area contributed by atoms with Crippen LogP contribution in [0.3, 0.4) is 0 Å². The molecule has 1 unspecified atom stereocenters. The Kier molecular flexibility index (Phi) is 4.71. The minimum absolute atomic E-state index is 0.0980. The van der Waals surface area contributed by atoms with E-state index in [9.17, 15) is 9.59 Å². The normalized spacial score (nSPS) is 22.3. The van der Waals surface area contributed by atoms with Crippen LogP contribution < -0.4 is 5.73 Å². The van der Waals surface area contributed by atoms with Crippen molar-refractivity contribution < 1.29 is 14.3 Å². The second-order valence-corrected chi connectivity index (χ2v) is 3.73. The summed E-state index contributed by atoms with van der Waals surface area (Å²) in [5, 5.41) is 0. The van der Waals surface area contributed by atoms with Crippen molar-refractivity contribution in [2.75, 3.05) is 20.3 Å². The molecular weight excluding hydrogens is 196 g/mol. The number of rotatable bonds is 5. The Morgan fingerprint density at radius 2 is 2.20 bits per heavy atom. The quantitative estimate of drug-likeness (QED) is 0.512. The van der Waals surface area contributed by atoms with Gasteiger partial charge >= 0.3 is 0 Å². The summed E-state index contributed by atoms with van der Waals surface area (Å²) in [6.45, 7) is 1.12. The van der Waals surface area contributed by atoms with Crippen molar-refractivity contribution in [2.24, 2.45) is 5.73 Å². The Labute approximate surface area is 89.6 Å². The number of carbonyl (C=O) groups is 2. The molecule has 86 valence electrons. The molecule has 15 heavy (non-hydrogen) atoms. The molecule has 0 radical (unpaired) electrons. The number of methoxy groups -OCH3 is 1. The third kappa shape index (κ3) is 3.28. The zero-order valence-corrected chi connectivity index (χ0v) is 9.07. The van der Waals surface area contributed by atoms with Gasteiger partial charge in [0.1, 0.15) is 0 Å². The van der Waals surface area contributed by atoms with Gasteiger partial charge in [-0.3, -0.25) is 14.5 Å². The molecule has 1 atom stereocenters. The number of imide groups is 1. The first-order valence-electron chi connectivity index (χ1n) is 5.25. The SMILES string of the molecule is COCCCCN1C(=O)CCC(N)C1=O. The van der Waals surface area contributed by atoms with Crippen LogP contribution in [0.1, 0.15) is 25.7 Å². The Morgan fingerprint density at radius 3 is 2.87 bits per heavy atom. The summed E-state index contributed by atoms with van der Waals surface area (Å²) >= 11 is 0. The van der Waals surface area contributed by atoms with Crippen LogP contribution in [0.25, 0.3) is 0 Å². The second kappa shape index (κ2) is 5.82. The molecule has 5 heteroatoms. The van der Waals surface area contributed by atoms with Gasteiger partial charge in [-0.05, 0) is 19.3 Å². The molecule has 0 saturated carbocycles. The predicted octanol–water partition coefficient (Wildman–Crippen LogP) is -0.111. The summed E-state index contributed by atoms with van der Waals surface area (Å²) in [7, 11) is 1.63. The van der Waals surface area contributed by atoms with Gasteiger partial charge in [0.05, 0.1) is 6.04 Å². The molecule has 0 aromatic rings. The summed E-state index contributed by atoms with van der Waals surface area (Å²) in [5.41, 5.74) is 5.59. The molecule has 0 aromatic heterocycles. The summed E-state index contributed by atoms with van der Waals surface area (Å²) in [4.78, 5) is 24.3. The van der Waals surface area contributed by atoms with Gasteiger partial charge < -0.3 is 10.5 Å². The fourth-order valence-corrected chi connectivity index (χ4v) is 1.61. The highest BCUT2D eigenvalue weighted by Gasteiger charge is 2.31. The summed E-state index contributed by atoms with van der Waals surface area (Å²) in [6.07, 6.45) is 2.49. The minimum Gasteiger partial charge on any atom is -0.385 e. The number of unbranched alkanes of at least 4 members (excludes halogenated alkanes) is 1. The fraction of sp³-hybridized carbons (Fsp3) is 0.800. The monoisotopic (exact) mass is 214 g/mol. The zero-order chi connectivity index (χ0) is 11.3. The molecule has 1 heterocycles. The van der Waals surface area contributed by atoms with Crippen LogP contribution in [-0.2, 0) is 14.3 Å². The van der Waals surface area contributed by atoms with Crippen LogP contribution in [0.5, 0.6) is 0 Å². The lowest BCUT2D eigenvalue weighted by atomic mass is 10.0. The first kappa shape index (κ1) is 12.1. The van der Waals surface area contributed by atoms with Gasteiger partial charge in [0.25, 0.3) is 0 Å². The van der Waals surface area contributed by atoms with Gasteiger partial charge in [-0.15, -0.1) is 0 Å². The Hall–Kier alpha value is -0.940. The summed E-state index contributed by atoms with van der Waals surface area (Å²) in [6, 6.07) is -0.495. The van der Waals surface area contributed by atoms with E-state index in [1.165, 1.54) is 4.90 Å². The van der Waals surface area contributed by atoms with Crippen LogP contribution in [0.4, 0.5) is 0 Å². The maximum Gasteiger partial charge on any atom is 0.246 e. The number of amides is 2. The van der Waals surface area contributed by atoms with E-state index in [1.807, 2.05) is 0 Å². The standard InChI is InChI=1S/C10H18N2O3/c1-15-7-3-2-6-12-9(13)5-4-8(11)10(12)14/h8H,2-7,11H2,1H3. The fourth-order valence-electron chi connectivity index (χ4n) is 1.61. The first-order valence-corrected chi connectivity index (χ1v) is 5.25. The number of likely N-dealkylation sites (tertiary alicyclic amines) is 1. The molecule has 1 aliphatic rings. The van der Waals surface area contributed by atoms with E-state index in [0.29, 0.717) is 26.0 Å². The smallest absolute Gasteiger partial charge is 0.246 e. The largest absolute Gasteiger partial charge is 0.385 e. The van der Waals surface area contributed by atoms with Gasteiger partial charge in [-0.1, -0.05) is 0 Å². The van der Waals surface area contributed by atoms with Crippen molar-refractivity contribution in [3.63, 3.8) is 0 Å². The molecular formula is C10H18N2O3. The highest BCUT2D eigenvalue weighted by Crippen LogP contribution is 2.12. The van der Waals surface area contributed by atoms with E-state index in [-0.39, 0.29) is 11.8 Å². The summed E-state index contributed by atoms with van der Waals surface area (Å²) in [5.74, 6) is -0.331. The average molecular weight is 214 g/mol. The van der Waals surface area contributed by atoms with Crippen LogP contribution >= 0.6 is 0 Å². The maximum atomic E-state index is 11.5. The molecule has 1 fully saturated rings. The molecule has 2 amide bonds. The molecule has 1 aliphatic heterocycles. The Balaban J connectivity index is 2.36. The minimum atomic E-state index is -0.495. The predicted molar refractivity (Wildman–Crippen MR) is 55.0 cm³/mol. The van der Waals surface area contributed by atoms with E-state index < -0.39 is 6.04 Å². The topological polar surface area (TPSA) is 72.6 Å². The van der Waals surface area contributed by atoms with Crippen molar-refractivity contribution in [2.45, 2.75) is 31.7 Å².